The molecule has 23 heavy (non-hydrogen) atoms. The second kappa shape index (κ2) is 6.32. The first-order chi connectivity index (χ1) is 11.0. The van der Waals surface area contributed by atoms with E-state index in [1.165, 1.54) is 0 Å². The fraction of sp³-hybridized carbons (Fsp3) is 0.412. The van der Waals surface area contributed by atoms with Crippen molar-refractivity contribution in [1.82, 2.24) is 10.6 Å². The molecule has 2 N–H and O–H groups in total. The van der Waals surface area contributed by atoms with Crippen molar-refractivity contribution in [3.8, 4) is 0 Å². The summed E-state index contributed by atoms with van der Waals surface area (Å²) in [5.74, 6) is 1.65. The average molecular weight is 316 g/mol. The minimum absolute atomic E-state index is 0.0418. The molecule has 2 aromatic rings. The molecule has 2 heterocycles. The van der Waals surface area contributed by atoms with E-state index >= 15 is 0 Å². The monoisotopic (exact) mass is 316 g/mol. The maximum Gasteiger partial charge on any atom is 0.255 e. The molecule has 6 heteroatoms. The van der Waals surface area contributed by atoms with E-state index in [0.29, 0.717) is 17.1 Å². The van der Waals surface area contributed by atoms with E-state index in [2.05, 4.69) is 10.6 Å². The van der Waals surface area contributed by atoms with Crippen molar-refractivity contribution in [3.05, 3.63) is 46.8 Å². The number of carbonyl (C=O) groups is 2. The summed E-state index contributed by atoms with van der Waals surface area (Å²) < 4.78 is 10.7. The summed E-state index contributed by atoms with van der Waals surface area (Å²) in [6.45, 7) is 3.44. The molecule has 0 radical (unpaired) electrons. The Morgan fingerprint density at radius 2 is 2.17 bits per heavy atom. The molecule has 1 unspecified atom stereocenters. The van der Waals surface area contributed by atoms with Gasteiger partial charge in [-0.25, -0.2) is 0 Å². The smallest absolute Gasteiger partial charge is 0.255 e. The predicted octanol–water partition coefficient (Wildman–Crippen LogP) is 2.41. The molecule has 0 saturated heterocycles. The minimum atomic E-state index is -0.304. The van der Waals surface area contributed by atoms with Crippen LogP contribution in [-0.4, -0.2) is 18.4 Å². The first-order valence-corrected chi connectivity index (χ1v) is 7.75. The average Bonchev–Trinajstić information content (AvgIpc) is 3.11. The van der Waals surface area contributed by atoms with Gasteiger partial charge in [-0.15, -0.1) is 0 Å². The van der Waals surface area contributed by atoms with Gasteiger partial charge in [-0.3, -0.25) is 9.59 Å². The van der Waals surface area contributed by atoms with Gasteiger partial charge in [-0.1, -0.05) is 0 Å². The van der Waals surface area contributed by atoms with Gasteiger partial charge in [0.1, 0.15) is 17.3 Å². The van der Waals surface area contributed by atoms with Crippen LogP contribution in [0.15, 0.2) is 27.2 Å². The highest BCUT2D eigenvalue weighted by Crippen LogP contribution is 2.30. The Bertz CT molecular complexity index is 729. The van der Waals surface area contributed by atoms with Crippen molar-refractivity contribution in [2.24, 2.45) is 0 Å². The molecular formula is C17H20N2O4. The van der Waals surface area contributed by atoms with Crippen LogP contribution in [0.3, 0.4) is 0 Å². The fourth-order valence-corrected chi connectivity index (χ4v) is 2.99. The van der Waals surface area contributed by atoms with Crippen LogP contribution in [0, 0.1) is 13.8 Å². The highest BCUT2D eigenvalue weighted by Gasteiger charge is 2.24. The first-order valence-electron chi connectivity index (χ1n) is 7.75. The van der Waals surface area contributed by atoms with Crippen LogP contribution in [0.1, 0.15) is 52.1 Å². The minimum Gasteiger partial charge on any atom is -0.469 e. The lowest BCUT2D eigenvalue weighted by molar-refractivity contribution is -0.121. The van der Waals surface area contributed by atoms with E-state index in [1.807, 2.05) is 6.07 Å². The van der Waals surface area contributed by atoms with Crippen LogP contribution < -0.4 is 10.6 Å². The standard InChI is InChI=1S/C17H20N2O4/c1-10-8-13(11(2)23-10)17(21)18-9-16(20)19-14-4-3-5-15-12(14)6-7-22-15/h6-8,14H,3-5,9H2,1-2H3,(H,18,21)(H,19,20). The number of rotatable bonds is 4. The lowest BCUT2D eigenvalue weighted by atomic mass is 9.93. The second-order valence-corrected chi connectivity index (χ2v) is 5.82. The molecule has 0 spiro atoms. The summed E-state index contributed by atoms with van der Waals surface area (Å²) in [5.41, 5.74) is 1.50. The van der Waals surface area contributed by atoms with Gasteiger partial charge >= 0.3 is 0 Å². The van der Waals surface area contributed by atoms with Crippen molar-refractivity contribution < 1.29 is 18.4 Å². The molecule has 1 aliphatic carbocycles. The van der Waals surface area contributed by atoms with Crippen LogP contribution in [0.5, 0.6) is 0 Å². The van der Waals surface area contributed by atoms with Gasteiger partial charge in [-0.2, -0.15) is 0 Å². The zero-order valence-electron chi connectivity index (χ0n) is 13.3. The number of amides is 2. The molecule has 122 valence electrons. The van der Waals surface area contributed by atoms with Crippen molar-refractivity contribution in [2.75, 3.05) is 6.54 Å². The van der Waals surface area contributed by atoms with E-state index in [9.17, 15) is 9.59 Å². The SMILES string of the molecule is Cc1cc(C(=O)NCC(=O)NC2CCCc3occc32)c(C)o1. The third-order valence-electron chi connectivity index (χ3n) is 4.08. The summed E-state index contributed by atoms with van der Waals surface area (Å²) in [7, 11) is 0. The van der Waals surface area contributed by atoms with Crippen LogP contribution in [-0.2, 0) is 11.2 Å². The Hall–Kier alpha value is -2.50. The van der Waals surface area contributed by atoms with Crippen molar-refractivity contribution in [2.45, 2.75) is 39.2 Å². The van der Waals surface area contributed by atoms with Crippen molar-refractivity contribution in [3.63, 3.8) is 0 Å². The van der Waals surface area contributed by atoms with Crippen LogP contribution in [0.4, 0.5) is 0 Å². The van der Waals surface area contributed by atoms with Gasteiger partial charge in [-0.05, 0) is 38.8 Å². The maximum absolute atomic E-state index is 12.1. The third-order valence-corrected chi connectivity index (χ3v) is 4.08. The van der Waals surface area contributed by atoms with Crippen molar-refractivity contribution >= 4 is 11.8 Å². The molecular weight excluding hydrogens is 296 g/mol. The van der Waals surface area contributed by atoms with Gasteiger partial charge in [0.25, 0.3) is 5.91 Å². The third kappa shape index (κ3) is 3.31. The van der Waals surface area contributed by atoms with Crippen LogP contribution >= 0.6 is 0 Å². The lowest BCUT2D eigenvalue weighted by Crippen LogP contribution is -2.39. The normalized spacial score (nSPS) is 16.7. The zero-order chi connectivity index (χ0) is 16.4. The molecule has 1 aliphatic rings. The Morgan fingerprint density at radius 1 is 1.35 bits per heavy atom. The van der Waals surface area contributed by atoms with E-state index in [0.717, 1.165) is 30.6 Å². The Kier molecular flexibility index (Phi) is 4.23. The van der Waals surface area contributed by atoms with Gasteiger partial charge in [0.15, 0.2) is 0 Å². The number of hydrogen-bond acceptors (Lipinski definition) is 4. The largest absolute Gasteiger partial charge is 0.469 e. The van der Waals surface area contributed by atoms with E-state index in [-0.39, 0.29) is 24.4 Å². The number of nitrogens with one attached hydrogen (secondary N) is 2. The van der Waals surface area contributed by atoms with Gasteiger partial charge in [0.2, 0.25) is 5.91 Å². The van der Waals surface area contributed by atoms with Crippen LogP contribution in [0.2, 0.25) is 0 Å². The zero-order valence-corrected chi connectivity index (χ0v) is 13.3. The van der Waals surface area contributed by atoms with Gasteiger partial charge in [0, 0.05) is 12.0 Å². The summed E-state index contributed by atoms with van der Waals surface area (Å²) >= 11 is 0. The summed E-state index contributed by atoms with van der Waals surface area (Å²) in [6, 6.07) is 3.52. The topological polar surface area (TPSA) is 84.5 Å². The number of fused-ring (bicyclic) bond motifs is 1. The summed E-state index contributed by atoms with van der Waals surface area (Å²) in [4.78, 5) is 24.2. The quantitative estimate of drug-likeness (QED) is 0.907. The molecule has 0 bridgehead atoms. The maximum atomic E-state index is 12.1. The Morgan fingerprint density at radius 3 is 2.91 bits per heavy atom. The molecule has 2 amide bonds. The number of furan rings is 2. The molecule has 0 aliphatic heterocycles. The lowest BCUT2D eigenvalue weighted by Gasteiger charge is -2.22. The summed E-state index contributed by atoms with van der Waals surface area (Å²) in [6.07, 6.45) is 4.42. The molecule has 0 saturated carbocycles. The van der Waals surface area contributed by atoms with Crippen LogP contribution in [0.25, 0.3) is 0 Å². The molecule has 1 atom stereocenters. The molecule has 0 fully saturated rings. The Labute approximate surface area is 134 Å². The van der Waals surface area contributed by atoms with Crippen molar-refractivity contribution in [1.29, 1.82) is 0 Å². The number of hydrogen-bond donors (Lipinski definition) is 2. The predicted molar refractivity (Wildman–Crippen MR) is 83.0 cm³/mol. The molecule has 3 rings (SSSR count). The summed E-state index contributed by atoms with van der Waals surface area (Å²) in [5, 5.41) is 5.58. The highest BCUT2D eigenvalue weighted by atomic mass is 16.3. The fourth-order valence-electron chi connectivity index (χ4n) is 2.99. The Balaban J connectivity index is 1.55. The van der Waals surface area contributed by atoms with Gasteiger partial charge < -0.3 is 19.5 Å². The van der Waals surface area contributed by atoms with E-state index in [4.69, 9.17) is 8.83 Å². The van der Waals surface area contributed by atoms with E-state index < -0.39 is 0 Å². The number of aryl methyl sites for hydroxylation is 3. The molecule has 0 aromatic carbocycles. The number of carbonyl (C=O) groups excluding carboxylic acids is 2. The highest BCUT2D eigenvalue weighted by molar-refractivity contribution is 5.97. The van der Waals surface area contributed by atoms with Gasteiger partial charge in [0.05, 0.1) is 24.4 Å². The second-order valence-electron chi connectivity index (χ2n) is 5.82. The first kappa shape index (κ1) is 15.4. The molecule has 2 aromatic heterocycles. The molecule has 6 nitrogen and oxygen atoms in total. The van der Waals surface area contributed by atoms with E-state index in [1.54, 1.807) is 26.2 Å².